The van der Waals surface area contributed by atoms with E-state index in [4.69, 9.17) is 0 Å². The van der Waals surface area contributed by atoms with Gasteiger partial charge in [-0.3, -0.25) is 5.43 Å². The summed E-state index contributed by atoms with van der Waals surface area (Å²) in [5.74, 6) is 0.734. The molecule has 1 heterocycles. The summed E-state index contributed by atoms with van der Waals surface area (Å²) in [5, 5.41) is 14.5. The Balaban J connectivity index is 1.96. The molecule has 1 aromatic heterocycles. The molecule has 0 aliphatic heterocycles. The highest BCUT2D eigenvalue weighted by atomic mass is 15.3. The van der Waals surface area contributed by atoms with Crippen molar-refractivity contribution in [1.29, 1.82) is 0 Å². The van der Waals surface area contributed by atoms with E-state index in [1.807, 2.05) is 24.3 Å². The first-order chi connectivity index (χ1) is 7.93. The fourth-order valence-electron chi connectivity index (χ4n) is 1.69. The van der Waals surface area contributed by atoms with E-state index in [0.717, 1.165) is 29.4 Å². The van der Waals surface area contributed by atoms with E-state index >= 15 is 0 Å². The summed E-state index contributed by atoms with van der Waals surface area (Å²) in [4.78, 5) is 0. The van der Waals surface area contributed by atoms with Gasteiger partial charge in [0.15, 0.2) is 5.82 Å². The first kappa shape index (κ1) is 9.27. The zero-order chi connectivity index (χ0) is 10.8. The number of aromatic nitrogens is 2. The first-order valence-electron chi connectivity index (χ1n) is 5.45. The van der Waals surface area contributed by atoms with Crippen molar-refractivity contribution in [3.8, 4) is 0 Å². The van der Waals surface area contributed by atoms with Crippen LogP contribution in [0.5, 0.6) is 0 Å². The maximum absolute atomic E-state index is 4.31. The smallest absolute Gasteiger partial charge is 0.176 e. The van der Waals surface area contributed by atoms with Crippen LogP contribution in [0.4, 0.5) is 5.82 Å². The van der Waals surface area contributed by atoms with Gasteiger partial charge in [0.05, 0.1) is 6.20 Å². The van der Waals surface area contributed by atoms with Gasteiger partial charge in [-0.25, -0.2) is 0 Å². The lowest BCUT2D eigenvalue weighted by atomic mass is 9.98. The molecule has 0 spiro atoms. The average molecular weight is 212 g/mol. The third-order valence-electron chi connectivity index (χ3n) is 2.82. The van der Waals surface area contributed by atoms with E-state index in [-0.39, 0.29) is 0 Å². The van der Waals surface area contributed by atoms with E-state index in [1.54, 1.807) is 6.20 Å². The zero-order valence-corrected chi connectivity index (χ0v) is 8.85. The topological polar surface area (TPSA) is 50.2 Å². The molecule has 4 nitrogen and oxygen atoms in total. The Morgan fingerprint density at radius 1 is 1.19 bits per heavy atom. The van der Waals surface area contributed by atoms with Gasteiger partial charge in [0.25, 0.3) is 0 Å². The molecule has 2 aromatic rings. The molecule has 0 bridgehead atoms. The molecule has 1 aromatic carbocycles. The van der Waals surface area contributed by atoms with Crippen molar-refractivity contribution >= 4 is 22.3 Å². The van der Waals surface area contributed by atoms with Gasteiger partial charge in [-0.15, -0.1) is 5.10 Å². The van der Waals surface area contributed by atoms with Gasteiger partial charge in [-0.2, -0.15) is 10.2 Å². The third-order valence-corrected chi connectivity index (χ3v) is 2.82. The summed E-state index contributed by atoms with van der Waals surface area (Å²) in [6.07, 6.45) is 5.22. The van der Waals surface area contributed by atoms with E-state index in [0.29, 0.717) is 0 Å². The lowest BCUT2D eigenvalue weighted by molar-refractivity contribution is 0.797. The van der Waals surface area contributed by atoms with Crippen molar-refractivity contribution in [3.63, 3.8) is 0 Å². The second kappa shape index (κ2) is 3.89. The second-order valence-electron chi connectivity index (χ2n) is 3.92. The number of rotatable bonds is 2. The molecule has 1 saturated carbocycles. The minimum atomic E-state index is 0.734. The van der Waals surface area contributed by atoms with Crippen molar-refractivity contribution in [3.05, 3.63) is 30.5 Å². The second-order valence-corrected chi connectivity index (χ2v) is 3.92. The van der Waals surface area contributed by atoms with Gasteiger partial charge in [0, 0.05) is 16.5 Å². The highest BCUT2D eigenvalue weighted by Gasteiger charge is 2.10. The Kier molecular flexibility index (Phi) is 2.25. The molecule has 0 unspecified atom stereocenters. The lowest BCUT2D eigenvalue weighted by Crippen LogP contribution is -2.12. The van der Waals surface area contributed by atoms with Crippen LogP contribution in [0.25, 0.3) is 10.8 Å². The maximum atomic E-state index is 4.31. The minimum absolute atomic E-state index is 0.734. The van der Waals surface area contributed by atoms with Gasteiger partial charge in [0.2, 0.25) is 0 Å². The van der Waals surface area contributed by atoms with Crippen LogP contribution in [0.1, 0.15) is 19.3 Å². The van der Waals surface area contributed by atoms with Crippen LogP contribution in [0, 0.1) is 0 Å². The van der Waals surface area contributed by atoms with Gasteiger partial charge in [0.1, 0.15) is 0 Å². The molecule has 0 saturated heterocycles. The molecule has 4 heteroatoms. The SMILES string of the molecule is c1ccc2c(NN=C3CCC3)nncc2c1. The quantitative estimate of drug-likeness (QED) is 0.778. The Morgan fingerprint density at radius 2 is 2.06 bits per heavy atom. The Hall–Kier alpha value is -1.97. The van der Waals surface area contributed by atoms with Crippen molar-refractivity contribution in [1.82, 2.24) is 10.2 Å². The summed E-state index contributed by atoms with van der Waals surface area (Å²) in [6, 6.07) is 8.02. The summed E-state index contributed by atoms with van der Waals surface area (Å²) in [6.45, 7) is 0. The number of hydrogen-bond acceptors (Lipinski definition) is 4. The van der Waals surface area contributed by atoms with E-state index in [2.05, 4.69) is 20.7 Å². The fraction of sp³-hybridized carbons (Fsp3) is 0.250. The van der Waals surface area contributed by atoms with Crippen LogP contribution in [-0.2, 0) is 0 Å². The van der Waals surface area contributed by atoms with Crippen LogP contribution >= 0.6 is 0 Å². The van der Waals surface area contributed by atoms with Gasteiger partial charge >= 0.3 is 0 Å². The number of hydrogen-bond donors (Lipinski definition) is 1. The number of fused-ring (bicyclic) bond motifs is 1. The first-order valence-corrected chi connectivity index (χ1v) is 5.45. The molecule has 0 amide bonds. The van der Waals surface area contributed by atoms with Crippen LogP contribution in [0.15, 0.2) is 35.6 Å². The van der Waals surface area contributed by atoms with Gasteiger partial charge in [-0.1, -0.05) is 24.3 Å². The van der Waals surface area contributed by atoms with Crippen LogP contribution < -0.4 is 5.43 Å². The normalized spacial score (nSPS) is 14.6. The average Bonchev–Trinajstić information content (AvgIpc) is 2.27. The van der Waals surface area contributed by atoms with Crippen molar-refractivity contribution in [2.45, 2.75) is 19.3 Å². The standard InChI is InChI=1S/C12H12N4/c1-2-7-11-9(4-1)8-13-15-12(11)16-14-10-5-3-6-10/h1-2,4,7-8H,3,5-6H2,(H,15,16). The lowest BCUT2D eigenvalue weighted by Gasteiger charge is -2.14. The van der Waals surface area contributed by atoms with E-state index < -0.39 is 0 Å². The highest BCUT2D eigenvalue weighted by molar-refractivity contribution is 5.93. The molecule has 3 rings (SSSR count). The van der Waals surface area contributed by atoms with Crippen LogP contribution in [-0.4, -0.2) is 15.9 Å². The third kappa shape index (κ3) is 1.62. The molecule has 1 N–H and O–H groups in total. The summed E-state index contributed by atoms with van der Waals surface area (Å²) in [7, 11) is 0. The van der Waals surface area contributed by atoms with Crippen molar-refractivity contribution < 1.29 is 0 Å². The molecule has 80 valence electrons. The predicted octanol–water partition coefficient (Wildman–Crippen LogP) is 2.58. The minimum Gasteiger partial charge on any atom is -0.259 e. The molecule has 1 aliphatic carbocycles. The number of anilines is 1. The van der Waals surface area contributed by atoms with Crippen molar-refractivity contribution in [2.75, 3.05) is 5.43 Å². The van der Waals surface area contributed by atoms with Gasteiger partial charge in [-0.05, 0) is 19.3 Å². The Bertz CT molecular complexity index is 536. The number of nitrogens with zero attached hydrogens (tertiary/aromatic N) is 3. The molecule has 16 heavy (non-hydrogen) atoms. The van der Waals surface area contributed by atoms with E-state index in [1.165, 1.54) is 12.1 Å². The monoisotopic (exact) mass is 212 g/mol. The molecular weight excluding hydrogens is 200 g/mol. The van der Waals surface area contributed by atoms with E-state index in [9.17, 15) is 0 Å². The molecule has 1 aliphatic rings. The van der Waals surface area contributed by atoms with Crippen molar-refractivity contribution in [2.24, 2.45) is 5.10 Å². The number of nitrogens with one attached hydrogen (secondary N) is 1. The highest BCUT2D eigenvalue weighted by Crippen LogP contribution is 2.20. The fourth-order valence-corrected chi connectivity index (χ4v) is 1.69. The maximum Gasteiger partial charge on any atom is 0.176 e. The van der Waals surface area contributed by atoms with Crippen LogP contribution in [0.2, 0.25) is 0 Å². The Labute approximate surface area is 93.4 Å². The predicted molar refractivity (Wildman–Crippen MR) is 64.4 cm³/mol. The number of benzene rings is 1. The van der Waals surface area contributed by atoms with Crippen LogP contribution in [0.3, 0.4) is 0 Å². The summed E-state index contributed by atoms with van der Waals surface area (Å²) >= 11 is 0. The Morgan fingerprint density at radius 3 is 2.88 bits per heavy atom. The zero-order valence-electron chi connectivity index (χ0n) is 8.85. The van der Waals surface area contributed by atoms with Gasteiger partial charge < -0.3 is 0 Å². The molecule has 0 radical (unpaired) electrons. The molecule has 0 atom stereocenters. The molecule has 1 fully saturated rings. The molecular formula is C12H12N4. The summed E-state index contributed by atoms with van der Waals surface area (Å²) in [5.41, 5.74) is 4.22. The largest absolute Gasteiger partial charge is 0.259 e. The summed E-state index contributed by atoms with van der Waals surface area (Å²) < 4.78 is 0. The number of hydrazone groups is 1.